The van der Waals surface area contributed by atoms with E-state index < -0.39 is 17.8 Å². The van der Waals surface area contributed by atoms with E-state index in [0.717, 1.165) is 12.3 Å². The van der Waals surface area contributed by atoms with Crippen molar-refractivity contribution in [1.82, 2.24) is 10.4 Å². The number of aromatic nitrogens is 1. The number of hydrazone groups is 1. The van der Waals surface area contributed by atoms with Gasteiger partial charge >= 0.3 is 6.18 Å². The largest absolute Gasteiger partial charge is 0.433 e. The molecule has 5 nitrogen and oxygen atoms in total. The van der Waals surface area contributed by atoms with Gasteiger partial charge in [-0.1, -0.05) is 35.3 Å². The second-order valence-electron chi connectivity index (χ2n) is 5.97. The smallest absolute Gasteiger partial charge is 0.355 e. The zero-order valence-electron chi connectivity index (χ0n) is 15.0. The molecule has 0 unspecified atom stereocenters. The molecule has 0 radical (unpaired) electrons. The van der Waals surface area contributed by atoms with Gasteiger partial charge in [-0.3, -0.25) is 9.78 Å². The van der Waals surface area contributed by atoms with Crippen molar-refractivity contribution < 1.29 is 18.0 Å². The number of nitrogens with zero attached hydrogens (tertiary/aromatic N) is 2. The Morgan fingerprint density at radius 1 is 1.00 bits per heavy atom. The van der Waals surface area contributed by atoms with Crippen molar-refractivity contribution in [2.45, 2.75) is 6.18 Å². The highest BCUT2D eigenvalue weighted by Crippen LogP contribution is 2.29. The molecule has 0 spiro atoms. The van der Waals surface area contributed by atoms with Gasteiger partial charge in [0.05, 0.1) is 16.3 Å². The van der Waals surface area contributed by atoms with Crippen LogP contribution in [0.5, 0.6) is 0 Å². The zero-order chi connectivity index (χ0) is 21.7. The van der Waals surface area contributed by atoms with E-state index in [1.807, 2.05) is 0 Å². The quantitative estimate of drug-likeness (QED) is 0.373. The molecule has 154 valence electrons. The fraction of sp³-hybridized carbons (Fsp3) is 0.0500. The molecule has 1 aromatic heterocycles. The van der Waals surface area contributed by atoms with Crippen LogP contribution in [0.25, 0.3) is 0 Å². The first-order valence-corrected chi connectivity index (χ1v) is 9.17. The highest BCUT2D eigenvalue weighted by molar-refractivity contribution is 6.38. The van der Waals surface area contributed by atoms with Crippen LogP contribution in [0, 0.1) is 0 Å². The van der Waals surface area contributed by atoms with Crippen molar-refractivity contribution in [3.63, 3.8) is 0 Å². The van der Waals surface area contributed by atoms with E-state index >= 15 is 0 Å². The number of pyridine rings is 1. The summed E-state index contributed by atoms with van der Waals surface area (Å²) >= 11 is 12.1. The fourth-order valence-electron chi connectivity index (χ4n) is 2.42. The number of hydrogen-bond acceptors (Lipinski definition) is 4. The van der Waals surface area contributed by atoms with E-state index in [-0.39, 0.29) is 11.3 Å². The van der Waals surface area contributed by atoms with Gasteiger partial charge < -0.3 is 5.32 Å². The maximum Gasteiger partial charge on any atom is 0.433 e. The molecule has 2 aromatic carbocycles. The molecule has 0 saturated heterocycles. The maximum atomic E-state index is 12.8. The molecule has 1 amide bonds. The van der Waals surface area contributed by atoms with Crippen LogP contribution in [0.3, 0.4) is 0 Å². The lowest BCUT2D eigenvalue weighted by Gasteiger charge is -2.10. The molecule has 0 aliphatic carbocycles. The molecule has 3 rings (SSSR count). The highest BCUT2D eigenvalue weighted by atomic mass is 35.5. The lowest BCUT2D eigenvalue weighted by atomic mass is 10.2. The molecule has 0 aliphatic rings. The van der Waals surface area contributed by atoms with E-state index in [2.05, 4.69) is 20.8 Å². The first-order chi connectivity index (χ1) is 14.2. The highest BCUT2D eigenvalue weighted by Gasteiger charge is 2.32. The van der Waals surface area contributed by atoms with E-state index in [0.29, 0.717) is 21.3 Å². The normalized spacial score (nSPS) is 11.5. The summed E-state index contributed by atoms with van der Waals surface area (Å²) in [6.07, 6.45) is -2.18. The predicted octanol–water partition coefficient (Wildman–Crippen LogP) is 5.91. The van der Waals surface area contributed by atoms with Crippen molar-refractivity contribution in [2.75, 3.05) is 5.32 Å². The van der Waals surface area contributed by atoms with Crippen LogP contribution in [0.1, 0.15) is 21.6 Å². The summed E-state index contributed by atoms with van der Waals surface area (Å²) in [5, 5.41) is 7.41. The Hall–Kier alpha value is -3.10. The summed E-state index contributed by atoms with van der Waals surface area (Å²) in [5.74, 6) is -0.524. The van der Waals surface area contributed by atoms with Gasteiger partial charge in [0.2, 0.25) is 0 Å². The minimum atomic E-state index is -4.55. The second-order valence-corrected chi connectivity index (χ2v) is 6.78. The molecule has 0 aliphatic heterocycles. The number of hydrogen-bond donors (Lipinski definition) is 2. The fourth-order valence-corrected chi connectivity index (χ4v) is 2.92. The van der Waals surface area contributed by atoms with Crippen LogP contribution in [0.15, 0.2) is 65.9 Å². The molecular formula is C20H13Cl2F3N4O. The van der Waals surface area contributed by atoms with Crippen LogP contribution in [-0.2, 0) is 6.18 Å². The van der Waals surface area contributed by atoms with Crippen molar-refractivity contribution in [1.29, 1.82) is 0 Å². The van der Waals surface area contributed by atoms with Crippen LogP contribution < -0.4 is 10.7 Å². The SMILES string of the molecule is O=C(N/N=C/c1c(Cl)cccc1Cl)c1cccc(Nc2ccnc(C(F)(F)F)c2)c1. The molecule has 1 heterocycles. The average molecular weight is 453 g/mol. The minimum Gasteiger partial charge on any atom is -0.355 e. The molecule has 30 heavy (non-hydrogen) atoms. The average Bonchev–Trinajstić information content (AvgIpc) is 2.70. The first kappa shape index (κ1) is 21.6. The van der Waals surface area contributed by atoms with E-state index in [1.54, 1.807) is 30.3 Å². The summed E-state index contributed by atoms with van der Waals surface area (Å²) in [6, 6.07) is 13.4. The number of anilines is 2. The monoisotopic (exact) mass is 452 g/mol. The number of nitrogens with one attached hydrogen (secondary N) is 2. The number of alkyl halides is 3. The molecular weight excluding hydrogens is 440 g/mol. The minimum absolute atomic E-state index is 0.182. The molecule has 0 saturated carbocycles. The lowest BCUT2D eigenvalue weighted by molar-refractivity contribution is -0.141. The van der Waals surface area contributed by atoms with Crippen LogP contribution in [0.4, 0.5) is 24.5 Å². The lowest BCUT2D eigenvalue weighted by Crippen LogP contribution is -2.17. The number of amides is 1. The molecule has 3 aromatic rings. The standard InChI is InChI=1S/C20H13Cl2F3N4O/c21-16-5-2-6-17(22)15(16)11-27-29-19(30)12-3-1-4-13(9-12)28-14-7-8-26-18(10-14)20(23,24)25/h1-11H,(H,26,28)(H,29,30)/b27-11+. The van der Waals surface area contributed by atoms with E-state index in [4.69, 9.17) is 23.2 Å². The van der Waals surface area contributed by atoms with Crippen molar-refractivity contribution in [2.24, 2.45) is 5.10 Å². The predicted molar refractivity (Wildman–Crippen MR) is 110 cm³/mol. The Morgan fingerprint density at radius 3 is 2.37 bits per heavy atom. The Balaban J connectivity index is 1.71. The van der Waals surface area contributed by atoms with E-state index in [1.165, 1.54) is 24.4 Å². The summed E-state index contributed by atoms with van der Waals surface area (Å²) in [5.41, 5.74) is 2.62. The third-order valence-electron chi connectivity index (χ3n) is 3.82. The van der Waals surface area contributed by atoms with Gasteiger partial charge in [0.25, 0.3) is 5.91 Å². The summed E-state index contributed by atoms with van der Waals surface area (Å²) in [6.45, 7) is 0. The Kier molecular flexibility index (Phi) is 6.59. The molecule has 10 heteroatoms. The van der Waals surface area contributed by atoms with Gasteiger partial charge in [-0.15, -0.1) is 0 Å². The summed E-state index contributed by atoms with van der Waals surface area (Å²) in [7, 11) is 0. The van der Waals surface area contributed by atoms with Crippen molar-refractivity contribution in [3.8, 4) is 0 Å². The Labute approximate surface area is 179 Å². The molecule has 2 N–H and O–H groups in total. The first-order valence-electron chi connectivity index (χ1n) is 8.42. The van der Waals surface area contributed by atoms with Gasteiger partial charge in [0.1, 0.15) is 5.69 Å². The van der Waals surface area contributed by atoms with Crippen LogP contribution in [-0.4, -0.2) is 17.1 Å². The van der Waals surface area contributed by atoms with E-state index in [9.17, 15) is 18.0 Å². The Morgan fingerprint density at radius 2 is 1.67 bits per heavy atom. The molecule has 0 atom stereocenters. The topological polar surface area (TPSA) is 66.4 Å². The number of halogens is 5. The zero-order valence-corrected chi connectivity index (χ0v) is 16.6. The maximum absolute atomic E-state index is 12.8. The number of carbonyl (C=O) groups is 1. The molecule has 0 fully saturated rings. The van der Waals surface area contributed by atoms with Crippen molar-refractivity contribution in [3.05, 3.63) is 87.7 Å². The second kappa shape index (κ2) is 9.15. The van der Waals surface area contributed by atoms with Gasteiger partial charge in [0.15, 0.2) is 0 Å². The molecule has 0 bridgehead atoms. The van der Waals surface area contributed by atoms with Gasteiger partial charge in [-0.2, -0.15) is 18.3 Å². The van der Waals surface area contributed by atoms with Gasteiger partial charge in [-0.05, 0) is 42.5 Å². The number of carbonyl (C=O) groups excluding carboxylic acids is 1. The Bertz CT molecular complexity index is 1080. The third-order valence-corrected chi connectivity index (χ3v) is 4.48. The third kappa shape index (κ3) is 5.49. The van der Waals surface area contributed by atoms with Crippen molar-refractivity contribution >= 4 is 46.7 Å². The van der Waals surface area contributed by atoms with Gasteiger partial charge in [-0.25, -0.2) is 5.43 Å². The summed E-state index contributed by atoms with van der Waals surface area (Å²) < 4.78 is 38.4. The number of benzene rings is 2. The van der Waals surface area contributed by atoms with Crippen LogP contribution >= 0.6 is 23.2 Å². The van der Waals surface area contributed by atoms with Gasteiger partial charge in [0, 0.05) is 28.7 Å². The summed E-state index contributed by atoms with van der Waals surface area (Å²) in [4.78, 5) is 15.6. The van der Waals surface area contributed by atoms with Crippen LogP contribution in [0.2, 0.25) is 10.0 Å². The number of rotatable bonds is 5.